The second kappa shape index (κ2) is 8.23. The molecular formula is C21H15F2N5O2. The molecular weight excluding hydrogens is 392 g/mol. The first-order chi connectivity index (χ1) is 14.6. The van der Waals surface area contributed by atoms with Crippen molar-refractivity contribution in [3.05, 3.63) is 77.6 Å². The fraction of sp³-hybridized carbons (Fsp3) is 0.143. The van der Waals surface area contributed by atoms with Crippen LogP contribution in [0.15, 0.2) is 54.9 Å². The smallest absolute Gasteiger partial charge is 0.220 e. The molecule has 9 heteroatoms. The van der Waals surface area contributed by atoms with E-state index in [2.05, 4.69) is 21.3 Å². The summed E-state index contributed by atoms with van der Waals surface area (Å²) in [6.45, 7) is 0.0212. The number of ether oxygens (including phenoxy) is 2. The Morgan fingerprint density at radius 1 is 1.07 bits per heavy atom. The van der Waals surface area contributed by atoms with Gasteiger partial charge in [-0.15, -0.1) is 10.2 Å². The topological polar surface area (TPSA) is 85.3 Å². The van der Waals surface area contributed by atoms with E-state index in [1.165, 1.54) is 25.6 Å². The van der Waals surface area contributed by atoms with Gasteiger partial charge in [-0.1, -0.05) is 6.07 Å². The van der Waals surface area contributed by atoms with Gasteiger partial charge in [0.2, 0.25) is 5.88 Å². The van der Waals surface area contributed by atoms with Gasteiger partial charge in [0, 0.05) is 12.7 Å². The van der Waals surface area contributed by atoms with Gasteiger partial charge >= 0.3 is 0 Å². The number of nitrogens with zero attached hydrogens (tertiary/aromatic N) is 5. The van der Waals surface area contributed by atoms with Crippen LogP contribution in [0.4, 0.5) is 8.78 Å². The van der Waals surface area contributed by atoms with E-state index >= 15 is 0 Å². The van der Waals surface area contributed by atoms with Gasteiger partial charge in [0.15, 0.2) is 23.1 Å². The zero-order valence-corrected chi connectivity index (χ0v) is 15.8. The molecule has 0 aliphatic carbocycles. The van der Waals surface area contributed by atoms with Crippen molar-refractivity contribution in [1.82, 2.24) is 19.6 Å². The highest BCUT2D eigenvalue weighted by molar-refractivity contribution is 5.61. The second-order valence-corrected chi connectivity index (χ2v) is 6.36. The maximum atomic E-state index is 13.6. The number of rotatable bonds is 6. The van der Waals surface area contributed by atoms with E-state index < -0.39 is 17.7 Å². The molecule has 0 amide bonds. The van der Waals surface area contributed by atoms with E-state index in [0.717, 1.165) is 17.7 Å². The zero-order valence-electron chi connectivity index (χ0n) is 15.8. The van der Waals surface area contributed by atoms with Crippen molar-refractivity contribution in [3.8, 4) is 23.3 Å². The van der Waals surface area contributed by atoms with Gasteiger partial charge in [-0.3, -0.25) is 4.98 Å². The summed E-state index contributed by atoms with van der Waals surface area (Å²) in [6.07, 6.45) is 2.41. The SMILES string of the molecule is CO[C@@H](COc1cncc2nnc(-c3ccc(C#N)cc3)n12)c1ccc(F)c(F)c1. The Balaban J connectivity index is 1.64. The molecule has 0 aliphatic heterocycles. The third-order valence-electron chi connectivity index (χ3n) is 4.54. The van der Waals surface area contributed by atoms with E-state index in [4.69, 9.17) is 14.7 Å². The van der Waals surface area contributed by atoms with E-state index in [9.17, 15) is 8.78 Å². The van der Waals surface area contributed by atoms with Crippen molar-refractivity contribution >= 4 is 5.65 Å². The molecule has 0 radical (unpaired) electrons. The summed E-state index contributed by atoms with van der Waals surface area (Å²) in [5, 5.41) is 17.3. The Bertz CT molecular complexity index is 1230. The molecule has 2 aromatic carbocycles. The van der Waals surface area contributed by atoms with Gasteiger partial charge in [0.25, 0.3) is 0 Å². The van der Waals surface area contributed by atoms with Crippen LogP contribution in [-0.2, 0) is 4.74 Å². The summed E-state index contributed by atoms with van der Waals surface area (Å²) in [5.74, 6) is -1.03. The molecule has 4 aromatic rings. The van der Waals surface area contributed by atoms with Gasteiger partial charge in [-0.25, -0.2) is 13.2 Å². The number of hydrogen-bond acceptors (Lipinski definition) is 6. The molecule has 0 bridgehead atoms. The van der Waals surface area contributed by atoms with Crippen molar-refractivity contribution in [2.24, 2.45) is 0 Å². The third kappa shape index (κ3) is 3.68. The number of fused-ring (bicyclic) bond motifs is 1. The molecule has 1 atom stereocenters. The number of methoxy groups -OCH3 is 1. The highest BCUT2D eigenvalue weighted by atomic mass is 19.2. The first-order valence-corrected chi connectivity index (χ1v) is 8.91. The summed E-state index contributed by atoms with van der Waals surface area (Å²) in [6, 6.07) is 12.5. The van der Waals surface area contributed by atoms with Crippen LogP contribution in [-0.4, -0.2) is 33.3 Å². The summed E-state index contributed by atoms with van der Waals surface area (Å²) < 4.78 is 39.7. The molecule has 0 aliphatic rings. The van der Waals surface area contributed by atoms with Crippen LogP contribution in [0.1, 0.15) is 17.2 Å². The van der Waals surface area contributed by atoms with Gasteiger partial charge in [-0.05, 0) is 42.0 Å². The highest BCUT2D eigenvalue weighted by Gasteiger charge is 2.17. The minimum atomic E-state index is -0.958. The van der Waals surface area contributed by atoms with Crippen LogP contribution in [0.25, 0.3) is 17.0 Å². The fourth-order valence-electron chi connectivity index (χ4n) is 2.98. The lowest BCUT2D eigenvalue weighted by Crippen LogP contribution is -2.14. The maximum absolute atomic E-state index is 13.6. The fourth-order valence-corrected chi connectivity index (χ4v) is 2.98. The number of benzene rings is 2. The molecule has 0 N–H and O–H groups in total. The zero-order chi connectivity index (χ0) is 21.1. The van der Waals surface area contributed by atoms with Crippen LogP contribution in [0, 0.1) is 23.0 Å². The lowest BCUT2D eigenvalue weighted by atomic mass is 10.1. The van der Waals surface area contributed by atoms with E-state index in [-0.39, 0.29) is 6.61 Å². The lowest BCUT2D eigenvalue weighted by Gasteiger charge is -2.17. The van der Waals surface area contributed by atoms with Crippen LogP contribution in [0.2, 0.25) is 0 Å². The first kappa shape index (κ1) is 19.4. The van der Waals surface area contributed by atoms with Crippen molar-refractivity contribution < 1.29 is 18.3 Å². The Morgan fingerprint density at radius 2 is 1.87 bits per heavy atom. The number of aromatic nitrogens is 4. The lowest BCUT2D eigenvalue weighted by molar-refractivity contribution is 0.0551. The molecule has 4 rings (SSSR count). The molecule has 0 spiro atoms. The predicted molar refractivity (Wildman–Crippen MR) is 103 cm³/mol. The molecule has 0 fully saturated rings. The number of nitriles is 1. The Kier molecular flexibility index (Phi) is 5.32. The van der Waals surface area contributed by atoms with Crippen LogP contribution in [0.3, 0.4) is 0 Å². The van der Waals surface area contributed by atoms with Crippen molar-refractivity contribution in [2.75, 3.05) is 13.7 Å². The van der Waals surface area contributed by atoms with Crippen molar-refractivity contribution in [3.63, 3.8) is 0 Å². The average Bonchev–Trinajstić information content (AvgIpc) is 3.21. The standard InChI is InChI=1S/C21H15F2N5O2/c1-29-18(15-6-7-16(22)17(23)8-15)12-30-20-11-25-10-19-26-27-21(28(19)20)14-4-2-13(9-24)3-5-14/h2-8,10-11,18H,12H2,1H3/t18-/m0/s1. The quantitative estimate of drug-likeness (QED) is 0.484. The van der Waals surface area contributed by atoms with Gasteiger partial charge < -0.3 is 9.47 Å². The normalized spacial score (nSPS) is 11.9. The van der Waals surface area contributed by atoms with E-state index in [1.807, 2.05) is 0 Å². The predicted octanol–water partition coefficient (Wildman–Crippen LogP) is 3.71. The Hall–Kier alpha value is -3.90. The summed E-state index contributed by atoms with van der Waals surface area (Å²) in [4.78, 5) is 4.11. The third-order valence-corrected chi connectivity index (χ3v) is 4.54. The van der Waals surface area contributed by atoms with E-state index in [0.29, 0.717) is 28.5 Å². The van der Waals surface area contributed by atoms with Gasteiger partial charge in [0.05, 0.1) is 24.0 Å². The monoisotopic (exact) mass is 407 g/mol. The van der Waals surface area contributed by atoms with Crippen LogP contribution in [0.5, 0.6) is 5.88 Å². The minimum absolute atomic E-state index is 0.0212. The summed E-state index contributed by atoms with van der Waals surface area (Å²) in [5.41, 5.74) is 2.17. The molecule has 30 heavy (non-hydrogen) atoms. The minimum Gasteiger partial charge on any atom is -0.474 e. The average molecular weight is 407 g/mol. The molecule has 0 saturated carbocycles. The van der Waals surface area contributed by atoms with E-state index in [1.54, 1.807) is 28.7 Å². The largest absolute Gasteiger partial charge is 0.474 e. The van der Waals surface area contributed by atoms with Gasteiger partial charge in [0.1, 0.15) is 12.7 Å². The highest BCUT2D eigenvalue weighted by Crippen LogP contribution is 2.25. The Labute approximate surface area is 170 Å². The van der Waals surface area contributed by atoms with Crippen LogP contribution >= 0.6 is 0 Å². The van der Waals surface area contributed by atoms with Gasteiger partial charge in [-0.2, -0.15) is 5.26 Å². The molecule has 2 heterocycles. The Morgan fingerprint density at radius 3 is 2.57 bits per heavy atom. The molecule has 2 aromatic heterocycles. The number of hydrogen-bond donors (Lipinski definition) is 0. The maximum Gasteiger partial charge on any atom is 0.220 e. The summed E-state index contributed by atoms with van der Waals surface area (Å²) >= 11 is 0. The molecule has 0 saturated heterocycles. The first-order valence-electron chi connectivity index (χ1n) is 8.91. The molecule has 150 valence electrons. The van der Waals surface area contributed by atoms with Crippen molar-refractivity contribution in [1.29, 1.82) is 5.26 Å². The number of halogens is 2. The van der Waals surface area contributed by atoms with Crippen LogP contribution < -0.4 is 4.74 Å². The molecule has 0 unspecified atom stereocenters. The second-order valence-electron chi connectivity index (χ2n) is 6.36. The molecule has 7 nitrogen and oxygen atoms in total. The summed E-state index contributed by atoms with van der Waals surface area (Å²) in [7, 11) is 1.45. The van der Waals surface area contributed by atoms with Crippen molar-refractivity contribution in [2.45, 2.75) is 6.10 Å².